The monoisotopic (exact) mass is 361 g/mol. The van der Waals surface area contributed by atoms with E-state index in [-0.39, 0.29) is 6.79 Å². The number of nitrogens with one attached hydrogen (secondary N) is 2. The molecule has 0 bridgehead atoms. The molecule has 2 N–H and O–H groups in total. The molecule has 132 valence electrons. The van der Waals surface area contributed by atoms with E-state index in [0.717, 1.165) is 22.8 Å². The lowest BCUT2D eigenvalue weighted by Gasteiger charge is -2.13. The molecule has 1 aliphatic heterocycles. The molecule has 0 saturated carbocycles. The van der Waals surface area contributed by atoms with Crippen LogP contribution >= 0.6 is 11.6 Å². The van der Waals surface area contributed by atoms with E-state index in [1.165, 1.54) is 0 Å². The van der Waals surface area contributed by atoms with Crippen molar-refractivity contribution in [3.05, 3.63) is 53.1 Å². The van der Waals surface area contributed by atoms with Gasteiger partial charge in [-0.25, -0.2) is 0 Å². The summed E-state index contributed by atoms with van der Waals surface area (Å²) < 4.78 is 16.3. The van der Waals surface area contributed by atoms with E-state index >= 15 is 0 Å². The summed E-state index contributed by atoms with van der Waals surface area (Å²) in [5.41, 5.74) is 1.09. The Kier molecular flexibility index (Phi) is 5.85. The summed E-state index contributed by atoms with van der Waals surface area (Å²) in [4.78, 5) is 4.20. The molecule has 0 spiro atoms. The lowest BCUT2D eigenvalue weighted by atomic mass is 10.2. The van der Waals surface area contributed by atoms with Gasteiger partial charge in [0.1, 0.15) is 12.4 Å². The van der Waals surface area contributed by atoms with Crippen molar-refractivity contribution in [3.63, 3.8) is 0 Å². The van der Waals surface area contributed by atoms with Crippen LogP contribution in [0.15, 0.2) is 47.5 Å². The minimum atomic E-state index is 0.280. The summed E-state index contributed by atoms with van der Waals surface area (Å²) in [5, 5.41) is 7.11. The van der Waals surface area contributed by atoms with Gasteiger partial charge in [0.2, 0.25) is 6.79 Å². The number of ether oxygens (including phenoxy) is 3. The van der Waals surface area contributed by atoms with Crippen LogP contribution in [0.3, 0.4) is 0 Å². The molecule has 7 heteroatoms. The van der Waals surface area contributed by atoms with Crippen LogP contribution in [0.5, 0.6) is 17.2 Å². The summed E-state index contributed by atoms with van der Waals surface area (Å²) in [7, 11) is 1.73. The maximum atomic E-state index is 5.92. The van der Waals surface area contributed by atoms with Crippen LogP contribution in [-0.2, 0) is 6.54 Å². The molecule has 0 atom stereocenters. The quantitative estimate of drug-likeness (QED) is 0.470. The van der Waals surface area contributed by atoms with Gasteiger partial charge < -0.3 is 24.8 Å². The molecule has 0 unspecified atom stereocenters. The summed E-state index contributed by atoms with van der Waals surface area (Å²) in [6, 6.07) is 13.2. The molecule has 0 fully saturated rings. The average Bonchev–Trinajstić information content (AvgIpc) is 3.09. The molecule has 3 rings (SSSR count). The highest BCUT2D eigenvalue weighted by atomic mass is 35.5. The minimum absolute atomic E-state index is 0.280. The van der Waals surface area contributed by atoms with E-state index in [0.29, 0.717) is 30.7 Å². The number of guanidine groups is 1. The topological polar surface area (TPSA) is 64.1 Å². The zero-order valence-corrected chi connectivity index (χ0v) is 14.7. The van der Waals surface area contributed by atoms with E-state index < -0.39 is 0 Å². The standard InChI is InChI=1S/C18H20ClN3O3/c1-20-18(21-7-8-23-15-4-2-3-14(19)10-15)22-11-13-5-6-16-17(9-13)25-12-24-16/h2-6,9-10H,7-8,11-12H2,1H3,(H2,20,21,22). The van der Waals surface area contributed by atoms with Crippen molar-refractivity contribution in [1.29, 1.82) is 0 Å². The van der Waals surface area contributed by atoms with Crippen LogP contribution < -0.4 is 24.8 Å². The second-order valence-corrected chi connectivity index (χ2v) is 5.78. The Hall–Kier alpha value is -2.60. The lowest BCUT2D eigenvalue weighted by molar-refractivity contribution is 0.174. The lowest BCUT2D eigenvalue weighted by Crippen LogP contribution is -2.38. The first kappa shape index (κ1) is 17.2. The van der Waals surface area contributed by atoms with Gasteiger partial charge in [-0.15, -0.1) is 0 Å². The first-order valence-corrected chi connectivity index (χ1v) is 8.34. The highest BCUT2D eigenvalue weighted by Gasteiger charge is 2.13. The summed E-state index contributed by atoms with van der Waals surface area (Å²) in [5.74, 6) is 3.01. The zero-order valence-electron chi connectivity index (χ0n) is 13.9. The third-order valence-corrected chi connectivity index (χ3v) is 3.81. The number of aliphatic imine (C=N–C) groups is 1. The van der Waals surface area contributed by atoms with Crippen molar-refractivity contribution in [2.45, 2.75) is 6.54 Å². The van der Waals surface area contributed by atoms with Crippen molar-refractivity contribution in [2.75, 3.05) is 27.0 Å². The summed E-state index contributed by atoms with van der Waals surface area (Å²) in [6.07, 6.45) is 0. The maximum absolute atomic E-state index is 5.92. The van der Waals surface area contributed by atoms with Crippen LogP contribution in [0, 0.1) is 0 Å². The molecule has 2 aromatic carbocycles. The van der Waals surface area contributed by atoms with Gasteiger partial charge >= 0.3 is 0 Å². The van der Waals surface area contributed by atoms with Crippen molar-refractivity contribution in [2.24, 2.45) is 4.99 Å². The van der Waals surface area contributed by atoms with Gasteiger partial charge in [0.05, 0.1) is 6.54 Å². The van der Waals surface area contributed by atoms with E-state index in [2.05, 4.69) is 15.6 Å². The molecular weight excluding hydrogens is 342 g/mol. The predicted molar refractivity (Wildman–Crippen MR) is 97.7 cm³/mol. The first-order chi connectivity index (χ1) is 12.2. The number of fused-ring (bicyclic) bond motifs is 1. The van der Waals surface area contributed by atoms with Crippen LogP contribution in [0.4, 0.5) is 0 Å². The van der Waals surface area contributed by atoms with Gasteiger partial charge in [-0.3, -0.25) is 4.99 Å². The number of rotatable bonds is 6. The van der Waals surface area contributed by atoms with Gasteiger partial charge in [-0.05, 0) is 35.9 Å². The smallest absolute Gasteiger partial charge is 0.231 e. The number of nitrogens with zero attached hydrogens (tertiary/aromatic N) is 1. The third kappa shape index (κ3) is 4.93. The molecule has 0 amide bonds. The maximum Gasteiger partial charge on any atom is 0.231 e. The molecule has 25 heavy (non-hydrogen) atoms. The van der Waals surface area contributed by atoms with E-state index in [1.807, 2.05) is 36.4 Å². The van der Waals surface area contributed by atoms with Gasteiger partial charge in [0.25, 0.3) is 0 Å². The van der Waals surface area contributed by atoms with E-state index in [9.17, 15) is 0 Å². The van der Waals surface area contributed by atoms with Crippen LogP contribution in [0.1, 0.15) is 5.56 Å². The van der Waals surface area contributed by atoms with Crippen molar-refractivity contribution in [3.8, 4) is 17.2 Å². The van der Waals surface area contributed by atoms with Crippen LogP contribution in [-0.4, -0.2) is 33.0 Å². The van der Waals surface area contributed by atoms with Crippen LogP contribution in [0.25, 0.3) is 0 Å². The highest BCUT2D eigenvalue weighted by molar-refractivity contribution is 6.30. The fraction of sp³-hybridized carbons (Fsp3) is 0.278. The molecule has 0 saturated heterocycles. The third-order valence-electron chi connectivity index (χ3n) is 3.58. The second kappa shape index (κ2) is 8.48. The fourth-order valence-corrected chi connectivity index (χ4v) is 2.53. The summed E-state index contributed by atoms with van der Waals surface area (Å²) in [6.45, 7) is 2.03. The molecule has 1 aliphatic rings. The van der Waals surface area contributed by atoms with Crippen molar-refractivity contribution >= 4 is 17.6 Å². The van der Waals surface area contributed by atoms with Crippen LogP contribution in [0.2, 0.25) is 5.02 Å². The molecule has 0 aliphatic carbocycles. The normalized spacial score (nSPS) is 12.8. The Morgan fingerprint density at radius 1 is 1.16 bits per heavy atom. The predicted octanol–water partition coefficient (Wildman–Crippen LogP) is 2.81. The number of halogens is 1. The first-order valence-electron chi connectivity index (χ1n) is 7.96. The SMILES string of the molecule is CN=C(NCCOc1cccc(Cl)c1)NCc1ccc2c(c1)OCO2. The van der Waals surface area contributed by atoms with E-state index in [4.69, 9.17) is 25.8 Å². The largest absolute Gasteiger partial charge is 0.492 e. The van der Waals surface area contributed by atoms with Gasteiger partial charge in [0.15, 0.2) is 17.5 Å². The van der Waals surface area contributed by atoms with E-state index in [1.54, 1.807) is 13.1 Å². The molecular formula is C18H20ClN3O3. The Balaban J connectivity index is 1.41. The van der Waals surface area contributed by atoms with Gasteiger partial charge in [-0.1, -0.05) is 23.7 Å². The van der Waals surface area contributed by atoms with Crippen molar-refractivity contribution in [1.82, 2.24) is 10.6 Å². The molecule has 6 nitrogen and oxygen atoms in total. The average molecular weight is 362 g/mol. The Bertz CT molecular complexity index is 752. The number of benzene rings is 2. The second-order valence-electron chi connectivity index (χ2n) is 5.35. The Labute approximate surface area is 151 Å². The Morgan fingerprint density at radius 3 is 2.88 bits per heavy atom. The summed E-state index contributed by atoms with van der Waals surface area (Å²) >= 11 is 5.92. The number of hydrogen-bond donors (Lipinski definition) is 2. The zero-order chi connectivity index (χ0) is 17.5. The molecule has 0 aromatic heterocycles. The van der Waals surface area contributed by atoms with Gasteiger partial charge in [-0.2, -0.15) is 0 Å². The number of hydrogen-bond acceptors (Lipinski definition) is 4. The molecule has 0 radical (unpaired) electrons. The fourth-order valence-electron chi connectivity index (χ4n) is 2.35. The minimum Gasteiger partial charge on any atom is -0.492 e. The van der Waals surface area contributed by atoms with Gasteiger partial charge in [0, 0.05) is 18.6 Å². The molecule has 2 aromatic rings. The molecule has 1 heterocycles. The van der Waals surface area contributed by atoms with Crippen molar-refractivity contribution < 1.29 is 14.2 Å². The highest BCUT2D eigenvalue weighted by Crippen LogP contribution is 2.32. The Morgan fingerprint density at radius 2 is 2.04 bits per heavy atom.